The Balaban J connectivity index is 1.77. The van der Waals surface area contributed by atoms with Gasteiger partial charge in [-0.1, -0.05) is 32.9 Å². The lowest BCUT2D eigenvalue weighted by Crippen LogP contribution is -2.34. The number of rotatable bonds is 4. The second kappa shape index (κ2) is 7.94. The summed E-state index contributed by atoms with van der Waals surface area (Å²) >= 11 is 0. The first-order chi connectivity index (χ1) is 14.6. The van der Waals surface area contributed by atoms with Gasteiger partial charge >= 0.3 is 0 Å². The Kier molecular flexibility index (Phi) is 5.59. The molecule has 31 heavy (non-hydrogen) atoms. The Morgan fingerprint density at radius 2 is 1.81 bits per heavy atom. The molecule has 0 spiro atoms. The van der Waals surface area contributed by atoms with Crippen LogP contribution in [0, 0.1) is 11.3 Å². The topological polar surface area (TPSA) is 58.4 Å². The van der Waals surface area contributed by atoms with Crippen LogP contribution in [0.4, 0.5) is 5.69 Å². The zero-order valence-corrected chi connectivity index (χ0v) is 19.4. The van der Waals surface area contributed by atoms with Crippen molar-refractivity contribution in [3.05, 3.63) is 47.8 Å². The monoisotopic (exact) mass is 421 g/mol. The van der Waals surface area contributed by atoms with Crippen molar-refractivity contribution < 1.29 is 9.90 Å². The van der Waals surface area contributed by atoms with Crippen molar-refractivity contribution in [2.45, 2.75) is 71.9 Å². The van der Waals surface area contributed by atoms with Gasteiger partial charge in [-0.3, -0.25) is 4.68 Å². The first-order valence-corrected chi connectivity index (χ1v) is 11.4. The summed E-state index contributed by atoms with van der Waals surface area (Å²) in [5.74, 6) is 0.199. The van der Waals surface area contributed by atoms with Crippen LogP contribution in [0.2, 0.25) is 0 Å². The number of aldehydes is 1. The highest BCUT2D eigenvalue weighted by Crippen LogP contribution is 2.41. The van der Waals surface area contributed by atoms with Crippen LogP contribution >= 0.6 is 0 Å². The van der Waals surface area contributed by atoms with Gasteiger partial charge in [0.2, 0.25) is 0 Å². The molecule has 0 amide bonds. The van der Waals surface area contributed by atoms with Gasteiger partial charge in [0.1, 0.15) is 6.29 Å². The summed E-state index contributed by atoms with van der Waals surface area (Å²) in [5, 5.41) is 17.0. The summed E-state index contributed by atoms with van der Waals surface area (Å²) < 4.78 is 2.08. The molecule has 5 heteroatoms. The molecule has 5 nitrogen and oxygen atoms in total. The molecule has 0 saturated heterocycles. The Bertz CT molecular complexity index is 1030. The molecule has 1 N–H and O–H groups in total. The number of hydrogen-bond acceptors (Lipinski definition) is 4. The van der Waals surface area contributed by atoms with Crippen LogP contribution in [0.15, 0.2) is 42.3 Å². The van der Waals surface area contributed by atoms with Crippen LogP contribution < -0.4 is 4.90 Å². The van der Waals surface area contributed by atoms with E-state index in [1.807, 2.05) is 13.8 Å². The van der Waals surface area contributed by atoms with Gasteiger partial charge in [-0.15, -0.1) is 0 Å². The molecule has 0 atom stereocenters. The van der Waals surface area contributed by atoms with E-state index in [0.29, 0.717) is 6.04 Å². The minimum absolute atomic E-state index is 0.0159. The second-order valence-corrected chi connectivity index (χ2v) is 10.6. The third kappa shape index (κ3) is 4.33. The van der Waals surface area contributed by atoms with E-state index in [0.717, 1.165) is 60.7 Å². The molecule has 1 fully saturated rings. The van der Waals surface area contributed by atoms with Gasteiger partial charge in [-0.2, -0.15) is 5.10 Å². The Morgan fingerprint density at radius 3 is 2.42 bits per heavy atom. The highest BCUT2D eigenvalue weighted by Gasteiger charge is 2.31. The minimum atomic E-state index is -0.987. The van der Waals surface area contributed by atoms with Crippen LogP contribution in [-0.4, -0.2) is 27.7 Å². The average Bonchev–Trinajstić information content (AvgIpc) is 3.15. The molecule has 0 unspecified atom stereocenters. The fourth-order valence-electron chi connectivity index (χ4n) is 4.88. The van der Waals surface area contributed by atoms with Gasteiger partial charge in [-0.25, -0.2) is 0 Å². The van der Waals surface area contributed by atoms with Crippen molar-refractivity contribution in [2.75, 3.05) is 11.4 Å². The van der Waals surface area contributed by atoms with E-state index < -0.39 is 5.60 Å². The van der Waals surface area contributed by atoms with Crippen molar-refractivity contribution in [1.29, 1.82) is 0 Å². The summed E-state index contributed by atoms with van der Waals surface area (Å²) in [6.07, 6.45) is 13.5. The van der Waals surface area contributed by atoms with E-state index in [1.54, 1.807) is 0 Å². The maximum absolute atomic E-state index is 11.1. The van der Waals surface area contributed by atoms with E-state index in [4.69, 9.17) is 5.10 Å². The van der Waals surface area contributed by atoms with Crippen molar-refractivity contribution in [1.82, 2.24) is 9.78 Å². The molecule has 0 bridgehead atoms. The summed E-state index contributed by atoms with van der Waals surface area (Å²) in [6, 6.07) is 4.57. The maximum atomic E-state index is 11.1. The predicted octanol–water partition coefficient (Wildman–Crippen LogP) is 5.50. The molecule has 4 rings (SSSR count). The van der Waals surface area contributed by atoms with Crippen molar-refractivity contribution >= 4 is 22.9 Å². The molecule has 1 saturated carbocycles. The fraction of sp³-hybridized carbons (Fsp3) is 0.538. The zero-order valence-electron chi connectivity index (χ0n) is 19.4. The number of benzene rings is 1. The van der Waals surface area contributed by atoms with E-state index in [2.05, 4.69) is 66.9 Å². The lowest BCUT2D eigenvalue weighted by molar-refractivity contribution is -0.112. The highest BCUT2D eigenvalue weighted by atomic mass is 16.3. The SMILES string of the molecule is CC(C)(C)C1=CC=CCN1c1cc2cn(C3CCC(C=O)CC3)nc2cc1C(C)(C)O. The quantitative estimate of drug-likeness (QED) is 0.662. The first kappa shape index (κ1) is 21.8. The summed E-state index contributed by atoms with van der Waals surface area (Å²) in [7, 11) is 0. The molecule has 2 aromatic rings. The molecule has 166 valence electrons. The molecule has 2 aliphatic rings. The van der Waals surface area contributed by atoms with Crippen LogP contribution in [0.3, 0.4) is 0 Å². The summed E-state index contributed by atoms with van der Waals surface area (Å²) in [6.45, 7) is 11.1. The Labute approximate surface area is 185 Å². The number of aromatic nitrogens is 2. The van der Waals surface area contributed by atoms with Crippen LogP contribution in [0.1, 0.15) is 71.9 Å². The third-order valence-corrected chi connectivity index (χ3v) is 6.63. The lowest BCUT2D eigenvalue weighted by atomic mass is 9.87. The molecule has 2 heterocycles. The van der Waals surface area contributed by atoms with Gasteiger partial charge in [0.25, 0.3) is 0 Å². The van der Waals surface area contributed by atoms with Gasteiger partial charge < -0.3 is 14.8 Å². The predicted molar refractivity (Wildman–Crippen MR) is 126 cm³/mol. The number of fused-ring (bicyclic) bond motifs is 1. The Hall–Kier alpha value is -2.40. The summed E-state index contributed by atoms with van der Waals surface area (Å²) in [4.78, 5) is 13.4. The normalized spacial score (nSPS) is 22.6. The van der Waals surface area contributed by atoms with Crippen molar-refractivity contribution in [3.8, 4) is 0 Å². The molecule has 1 aliphatic heterocycles. The highest BCUT2D eigenvalue weighted by molar-refractivity contribution is 5.85. The van der Waals surface area contributed by atoms with Crippen LogP contribution in [0.25, 0.3) is 10.9 Å². The fourth-order valence-corrected chi connectivity index (χ4v) is 4.88. The molecule has 1 aromatic carbocycles. The van der Waals surface area contributed by atoms with Gasteiger partial charge in [0.15, 0.2) is 0 Å². The Morgan fingerprint density at radius 1 is 1.10 bits per heavy atom. The minimum Gasteiger partial charge on any atom is -0.386 e. The molecule has 1 aromatic heterocycles. The van der Waals surface area contributed by atoms with E-state index in [-0.39, 0.29) is 11.3 Å². The van der Waals surface area contributed by atoms with E-state index in [9.17, 15) is 9.90 Å². The van der Waals surface area contributed by atoms with Gasteiger partial charge in [0, 0.05) is 46.4 Å². The van der Waals surface area contributed by atoms with Gasteiger partial charge in [-0.05, 0) is 57.7 Å². The summed E-state index contributed by atoms with van der Waals surface area (Å²) in [5.41, 5.74) is 3.07. The lowest BCUT2D eigenvalue weighted by Gasteiger charge is -2.38. The third-order valence-electron chi connectivity index (χ3n) is 6.63. The van der Waals surface area contributed by atoms with Crippen LogP contribution in [0.5, 0.6) is 0 Å². The number of carbonyl (C=O) groups excluding carboxylic acids is 1. The standard InChI is InChI=1S/C26H35N3O2/c1-25(2,3)24-8-6-7-13-28(24)23-14-19-16-29(20-11-9-18(17-30)10-12-20)27-22(19)15-21(23)26(4,5)31/h6-8,14-18,20,31H,9-13H2,1-5H3. The first-order valence-electron chi connectivity index (χ1n) is 11.4. The number of nitrogens with zero attached hydrogens (tertiary/aromatic N) is 3. The van der Waals surface area contributed by atoms with E-state index in [1.165, 1.54) is 5.70 Å². The smallest absolute Gasteiger partial charge is 0.123 e. The van der Waals surface area contributed by atoms with Crippen molar-refractivity contribution in [2.24, 2.45) is 11.3 Å². The second-order valence-electron chi connectivity index (χ2n) is 10.6. The van der Waals surface area contributed by atoms with E-state index >= 15 is 0 Å². The van der Waals surface area contributed by atoms with Crippen molar-refractivity contribution in [3.63, 3.8) is 0 Å². The largest absolute Gasteiger partial charge is 0.386 e. The van der Waals surface area contributed by atoms with Gasteiger partial charge in [0.05, 0.1) is 17.2 Å². The molecular formula is C26H35N3O2. The molecule has 1 aliphatic carbocycles. The number of allylic oxidation sites excluding steroid dienone is 3. The number of anilines is 1. The molecular weight excluding hydrogens is 386 g/mol. The zero-order chi connectivity index (χ0) is 22.4. The average molecular weight is 422 g/mol. The number of hydrogen-bond donors (Lipinski definition) is 1. The number of carbonyl (C=O) groups is 1. The maximum Gasteiger partial charge on any atom is 0.123 e. The number of aliphatic hydroxyl groups is 1. The molecule has 0 radical (unpaired) electrons. The van der Waals surface area contributed by atoms with Crippen LogP contribution in [-0.2, 0) is 10.4 Å².